The second-order valence-corrected chi connectivity index (χ2v) is 8.76. The number of ether oxygens (including phenoxy) is 2. The zero-order chi connectivity index (χ0) is 25.6. The van der Waals surface area contributed by atoms with E-state index >= 15 is 0 Å². The molecule has 0 saturated carbocycles. The molecule has 2 aromatic rings. The highest BCUT2D eigenvalue weighted by molar-refractivity contribution is 6.34. The van der Waals surface area contributed by atoms with Gasteiger partial charge >= 0.3 is 18.0 Å². The maximum absolute atomic E-state index is 14.8. The summed E-state index contributed by atoms with van der Waals surface area (Å²) in [7, 11) is 1.27. The van der Waals surface area contributed by atoms with Crippen LogP contribution in [0.2, 0.25) is 10.0 Å². The molecule has 0 bridgehead atoms. The lowest BCUT2D eigenvalue weighted by Gasteiger charge is -2.33. The fourth-order valence-electron chi connectivity index (χ4n) is 3.64. The van der Waals surface area contributed by atoms with Gasteiger partial charge in [-0.15, -0.1) is 0 Å². The SMILES string of the molecule is COC(=O)c1cccc(CCCN2C(=O)OCC[C@@H]2/C=C/[C@@H](O)C(F)(F)c2cc(Cl)cc(Cl)c2)n1. The van der Waals surface area contributed by atoms with Gasteiger partial charge in [0.05, 0.1) is 19.8 Å². The summed E-state index contributed by atoms with van der Waals surface area (Å²) >= 11 is 11.6. The van der Waals surface area contributed by atoms with E-state index in [1.54, 1.807) is 12.1 Å². The number of carbonyl (C=O) groups is 2. The molecule has 0 aliphatic carbocycles. The number of rotatable bonds is 9. The number of benzene rings is 1. The lowest BCUT2D eigenvalue weighted by molar-refractivity contribution is -0.0929. The molecule has 35 heavy (non-hydrogen) atoms. The van der Waals surface area contributed by atoms with E-state index in [0.717, 1.165) is 18.2 Å². The van der Waals surface area contributed by atoms with E-state index in [4.69, 9.17) is 27.9 Å². The van der Waals surface area contributed by atoms with E-state index in [1.807, 2.05) is 0 Å². The Hall–Kier alpha value is -2.75. The van der Waals surface area contributed by atoms with Crippen molar-refractivity contribution in [3.05, 3.63) is 75.5 Å². The van der Waals surface area contributed by atoms with Crippen molar-refractivity contribution < 1.29 is 33.0 Å². The maximum Gasteiger partial charge on any atom is 0.410 e. The van der Waals surface area contributed by atoms with Crippen LogP contribution in [0.25, 0.3) is 0 Å². The van der Waals surface area contributed by atoms with Gasteiger partial charge < -0.3 is 19.5 Å². The first-order valence-electron chi connectivity index (χ1n) is 10.8. The quantitative estimate of drug-likeness (QED) is 0.362. The van der Waals surface area contributed by atoms with Crippen LogP contribution in [-0.4, -0.2) is 59.5 Å². The number of aliphatic hydroxyl groups excluding tert-OH is 1. The Morgan fingerprint density at radius 3 is 2.74 bits per heavy atom. The van der Waals surface area contributed by atoms with Crippen LogP contribution >= 0.6 is 23.2 Å². The van der Waals surface area contributed by atoms with Gasteiger partial charge in [-0.05, 0) is 43.2 Å². The fraction of sp³-hybridized carbons (Fsp3) is 0.375. The summed E-state index contributed by atoms with van der Waals surface area (Å²) in [6.07, 6.45) is 0.915. The fourth-order valence-corrected chi connectivity index (χ4v) is 4.16. The normalized spacial score (nSPS) is 17.4. The standard InChI is InChI=1S/C24H24Cl2F2N2O5/c1-34-22(32)20-6-2-4-18(29-20)5-3-10-30-19(9-11-35-23(30)33)7-8-21(31)24(27,28)15-12-16(25)14-17(26)13-15/h2,4,6-8,12-14,19,21,31H,3,5,9-11H2,1H3/b8-7+/t19-,21+/m0/s1. The van der Waals surface area contributed by atoms with Crippen molar-refractivity contribution in [2.24, 2.45) is 0 Å². The minimum Gasteiger partial charge on any atom is -0.464 e. The lowest BCUT2D eigenvalue weighted by Crippen LogP contribution is -2.45. The number of alkyl halides is 2. The summed E-state index contributed by atoms with van der Waals surface area (Å²) in [5.41, 5.74) is 0.299. The van der Waals surface area contributed by atoms with Crippen molar-refractivity contribution in [1.29, 1.82) is 0 Å². The first-order valence-corrected chi connectivity index (χ1v) is 11.6. The summed E-state index contributed by atoms with van der Waals surface area (Å²) in [6.45, 7) is 0.387. The minimum atomic E-state index is -3.65. The van der Waals surface area contributed by atoms with Gasteiger partial charge in [0.2, 0.25) is 0 Å². The molecule has 1 amide bonds. The molecular formula is C24H24Cl2F2N2O5. The summed E-state index contributed by atoms with van der Waals surface area (Å²) in [6, 6.07) is 7.83. The lowest BCUT2D eigenvalue weighted by atomic mass is 10.0. The predicted molar refractivity (Wildman–Crippen MR) is 126 cm³/mol. The van der Waals surface area contributed by atoms with E-state index in [-0.39, 0.29) is 28.9 Å². The average Bonchev–Trinajstić information content (AvgIpc) is 2.82. The van der Waals surface area contributed by atoms with Crippen molar-refractivity contribution in [2.75, 3.05) is 20.3 Å². The van der Waals surface area contributed by atoms with Gasteiger partial charge in [-0.2, -0.15) is 8.78 Å². The second kappa shape index (κ2) is 11.8. The molecule has 1 aromatic carbocycles. The van der Waals surface area contributed by atoms with E-state index in [0.29, 0.717) is 25.0 Å². The minimum absolute atomic E-state index is 0.0242. The first-order chi connectivity index (χ1) is 16.6. The molecule has 2 heterocycles. The van der Waals surface area contributed by atoms with Crippen LogP contribution in [0.15, 0.2) is 48.6 Å². The third-order valence-corrected chi connectivity index (χ3v) is 5.88. The highest BCUT2D eigenvalue weighted by atomic mass is 35.5. The number of aryl methyl sites for hydroxylation is 1. The molecule has 1 saturated heterocycles. The van der Waals surface area contributed by atoms with Crippen molar-refractivity contribution in [3.8, 4) is 0 Å². The Bertz CT molecular complexity index is 1080. The average molecular weight is 529 g/mol. The number of amides is 1. The smallest absolute Gasteiger partial charge is 0.410 e. The number of hydrogen-bond acceptors (Lipinski definition) is 6. The van der Waals surface area contributed by atoms with Crippen molar-refractivity contribution in [3.63, 3.8) is 0 Å². The first kappa shape index (κ1) is 26.8. The number of carbonyl (C=O) groups excluding carboxylic acids is 2. The van der Waals surface area contributed by atoms with Crippen molar-refractivity contribution >= 4 is 35.3 Å². The van der Waals surface area contributed by atoms with Gasteiger partial charge in [0, 0.05) is 34.3 Å². The van der Waals surface area contributed by atoms with Gasteiger partial charge in [0.25, 0.3) is 0 Å². The number of methoxy groups -OCH3 is 1. The van der Waals surface area contributed by atoms with E-state index in [1.165, 1.54) is 30.2 Å². The number of halogens is 4. The summed E-state index contributed by atoms with van der Waals surface area (Å²) in [5.74, 6) is -4.20. The maximum atomic E-state index is 14.8. The number of esters is 1. The highest BCUT2D eigenvalue weighted by Gasteiger charge is 2.40. The van der Waals surface area contributed by atoms with Crippen LogP contribution in [-0.2, 0) is 21.8 Å². The monoisotopic (exact) mass is 528 g/mol. The Kier molecular flexibility index (Phi) is 9.04. The van der Waals surface area contributed by atoms with Crippen molar-refractivity contribution in [1.82, 2.24) is 9.88 Å². The molecule has 0 spiro atoms. The third kappa shape index (κ3) is 6.90. The number of aliphatic hydroxyl groups is 1. The van der Waals surface area contributed by atoms with Crippen LogP contribution in [0.5, 0.6) is 0 Å². The van der Waals surface area contributed by atoms with Gasteiger partial charge in [0.1, 0.15) is 11.8 Å². The highest BCUT2D eigenvalue weighted by Crippen LogP contribution is 2.36. The largest absolute Gasteiger partial charge is 0.464 e. The van der Waals surface area contributed by atoms with Crippen LogP contribution < -0.4 is 0 Å². The molecule has 0 radical (unpaired) electrons. The summed E-state index contributed by atoms with van der Waals surface area (Å²) in [5, 5.41) is 10.3. The predicted octanol–water partition coefficient (Wildman–Crippen LogP) is 5.03. The third-order valence-electron chi connectivity index (χ3n) is 5.44. The van der Waals surface area contributed by atoms with Gasteiger partial charge in [0.15, 0.2) is 0 Å². The van der Waals surface area contributed by atoms with Crippen molar-refractivity contribution in [2.45, 2.75) is 37.3 Å². The Morgan fingerprint density at radius 1 is 1.34 bits per heavy atom. The molecule has 2 atom stereocenters. The molecule has 1 aliphatic rings. The molecule has 7 nitrogen and oxygen atoms in total. The van der Waals surface area contributed by atoms with Crippen LogP contribution in [0.1, 0.15) is 34.6 Å². The molecule has 1 N–H and O–H groups in total. The Morgan fingerprint density at radius 2 is 2.06 bits per heavy atom. The van der Waals surface area contributed by atoms with E-state index in [9.17, 15) is 23.5 Å². The van der Waals surface area contributed by atoms with Gasteiger partial charge in [-0.1, -0.05) is 41.4 Å². The van der Waals surface area contributed by atoms with Gasteiger partial charge in [-0.3, -0.25) is 0 Å². The summed E-state index contributed by atoms with van der Waals surface area (Å²) < 4.78 is 39.3. The number of nitrogens with zero attached hydrogens (tertiary/aromatic N) is 2. The number of hydrogen-bond donors (Lipinski definition) is 1. The molecule has 1 fully saturated rings. The molecule has 1 aliphatic heterocycles. The Labute approximate surface area is 211 Å². The van der Waals surface area contributed by atoms with Crippen LogP contribution in [0, 0.1) is 0 Å². The molecule has 1 aromatic heterocycles. The number of aromatic nitrogens is 1. The topological polar surface area (TPSA) is 89.0 Å². The molecular weight excluding hydrogens is 505 g/mol. The molecule has 11 heteroatoms. The zero-order valence-corrected chi connectivity index (χ0v) is 20.3. The molecule has 3 rings (SSSR count). The van der Waals surface area contributed by atoms with E-state index < -0.39 is 35.7 Å². The van der Waals surface area contributed by atoms with E-state index in [2.05, 4.69) is 9.72 Å². The van der Waals surface area contributed by atoms with Crippen LogP contribution in [0.4, 0.5) is 13.6 Å². The number of pyridine rings is 1. The summed E-state index contributed by atoms with van der Waals surface area (Å²) in [4.78, 5) is 29.6. The molecule has 0 unspecified atom stereocenters. The molecule has 188 valence electrons. The number of cyclic esters (lactones) is 1. The Balaban J connectivity index is 1.65. The van der Waals surface area contributed by atoms with Gasteiger partial charge in [-0.25, -0.2) is 14.6 Å². The second-order valence-electron chi connectivity index (χ2n) is 7.88. The zero-order valence-electron chi connectivity index (χ0n) is 18.8. The van der Waals surface area contributed by atoms with Crippen LogP contribution in [0.3, 0.4) is 0 Å².